The third-order valence-electron chi connectivity index (χ3n) is 4.19. The molecule has 1 aromatic carbocycles. The molecule has 1 aromatic rings. The zero-order valence-corrected chi connectivity index (χ0v) is 15.1. The maximum absolute atomic E-state index is 11.9. The molecule has 0 aliphatic rings. The van der Waals surface area contributed by atoms with Crippen molar-refractivity contribution >= 4 is 18.7 Å². The fourth-order valence-corrected chi connectivity index (χ4v) is 1.94. The lowest BCUT2D eigenvalue weighted by Crippen LogP contribution is -2.49. The van der Waals surface area contributed by atoms with E-state index in [0.29, 0.717) is 5.56 Å². The average molecular weight is 303 g/mol. The van der Waals surface area contributed by atoms with Crippen molar-refractivity contribution in [1.29, 1.82) is 0 Å². The van der Waals surface area contributed by atoms with Crippen molar-refractivity contribution in [2.24, 2.45) is 0 Å². The van der Waals surface area contributed by atoms with E-state index in [1.807, 2.05) is 32.0 Å². The molecule has 22 heavy (non-hydrogen) atoms. The Labute approximate surface area is 135 Å². The molecule has 0 aliphatic carbocycles. The summed E-state index contributed by atoms with van der Waals surface area (Å²) in [6, 6.07) is 5.76. The predicted molar refractivity (Wildman–Crippen MR) is 92.0 cm³/mol. The van der Waals surface area contributed by atoms with Crippen molar-refractivity contribution in [3.63, 3.8) is 0 Å². The van der Waals surface area contributed by atoms with Crippen LogP contribution in [0.2, 0.25) is 0 Å². The van der Waals surface area contributed by atoms with E-state index in [1.165, 1.54) is 0 Å². The molecule has 0 saturated carbocycles. The van der Waals surface area contributed by atoms with Crippen molar-refractivity contribution in [1.82, 2.24) is 0 Å². The predicted octanol–water partition coefficient (Wildman–Crippen LogP) is 3.00. The highest BCUT2D eigenvalue weighted by Crippen LogP contribution is 2.26. The topological polar surface area (TPSA) is 46.5 Å². The molecule has 0 unspecified atom stereocenters. The van der Waals surface area contributed by atoms with Gasteiger partial charge in [0.05, 0.1) is 11.2 Å². The Morgan fingerprint density at radius 2 is 1.64 bits per heavy atom. The molecule has 0 bridgehead atoms. The van der Waals surface area contributed by atoms with Crippen LogP contribution in [-0.4, -0.2) is 29.6 Å². The summed E-state index contributed by atoms with van der Waals surface area (Å²) in [7, 11) is 1.61. The van der Waals surface area contributed by atoms with Gasteiger partial charge < -0.3 is 9.76 Å². The van der Waals surface area contributed by atoms with Crippen LogP contribution in [0.5, 0.6) is 0 Å². The van der Waals surface area contributed by atoms with E-state index >= 15 is 0 Å². The Morgan fingerprint density at radius 1 is 1.09 bits per heavy atom. The second-order valence-corrected chi connectivity index (χ2v) is 7.92. The molecule has 1 N–H and O–H groups in total. The molecule has 121 valence electrons. The zero-order valence-electron chi connectivity index (χ0n) is 15.1. The summed E-state index contributed by atoms with van der Waals surface area (Å²) < 4.78 is 5.75. The number of Topliss-reactive ketones (excluding diaryl/α,β-unsaturated/α-hetero) is 1. The summed E-state index contributed by atoms with van der Waals surface area (Å²) >= 11 is 0. The van der Waals surface area contributed by atoms with Gasteiger partial charge in [-0.2, -0.15) is 0 Å². The molecule has 0 aromatic heterocycles. The average Bonchev–Trinajstić information content (AvgIpc) is 2.33. The lowest BCUT2D eigenvalue weighted by atomic mass is 9.77. The number of hydrogen-bond acceptors (Lipinski definition) is 3. The molecule has 0 spiro atoms. The Hall–Kier alpha value is -1.13. The minimum Gasteiger partial charge on any atom is -0.427 e. The highest BCUT2D eigenvalue weighted by Gasteiger charge is 2.35. The quantitative estimate of drug-likeness (QED) is 0.672. The third-order valence-corrected chi connectivity index (χ3v) is 4.19. The maximum Gasteiger partial charge on any atom is 0.330 e. The number of aliphatic hydroxyl groups is 1. The van der Waals surface area contributed by atoms with Gasteiger partial charge in [0.15, 0.2) is 5.78 Å². The van der Waals surface area contributed by atoms with Gasteiger partial charge in [0.25, 0.3) is 0 Å². The van der Waals surface area contributed by atoms with Crippen molar-refractivity contribution in [3.05, 3.63) is 29.3 Å². The number of hydrogen-bond donors (Lipinski definition) is 1. The molecule has 0 heterocycles. The number of rotatable bonds is 5. The summed E-state index contributed by atoms with van der Waals surface area (Å²) in [5.41, 5.74) is 0.761. The molecule has 0 aliphatic heterocycles. The lowest BCUT2D eigenvalue weighted by molar-refractivity contribution is -0.0893. The van der Waals surface area contributed by atoms with Crippen LogP contribution in [0.3, 0.4) is 0 Å². The van der Waals surface area contributed by atoms with E-state index in [4.69, 9.17) is 4.65 Å². The van der Waals surface area contributed by atoms with Gasteiger partial charge in [0, 0.05) is 5.56 Å². The highest BCUT2D eigenvalue weighted by atomic mass is 16.5. The summed E-state index contributed by atoms with van der Waals surface area (Å²) in [4.78, 5) is 11.9. The Bertz CT molecular complexity index is 548. The Morgan fingerprint density at radius 3 is 2.05 bits per heavy atom. The van der Waals surface area contributed by atoms with E-state index in [-0.39, 0.29) is 11.2 Å². The Kier molecular flexibility index (Phi) is 5.31. The molecule has 3 nitrogen and oxygen atoms in total. The van der Waals surface area contributed by atoms with E-state index in [2.05, 4.69) is 20.8 Å². The monoisotopic (exact) mass is 303 g/mol. The fraction of sp³-hybridized carbons (Fsp3) is 0.611. The highest BCUT2D eigenvalue weighted by molar-refractivity contribution is 6.47. The van der Waals surface area contributed by atoms with E-state index in [9.17, 15) is 9.90 Å². The molecule has 0 fully saturated rings. The first-order valence-corrected chi connectivity index (χ1v) is 7.64. The molecule has 1 rings (SSSR count). The van der Waals surface area contributed by atoms with E-state index < -0.39 is 11.2 Å². The molecule has 0 saturated heterocycles. The number of benzene rings is 1. The SMILES string of the molecule is CC(=O)c1cc([B]OC(C)(C)C(C)(C)O)ccc1C(C)(C)C. The van der Waals surface area contributed by atoms with Crippen LogP contribution in [-0.2, 0) is 10.1 Å². The number of carbonyl (C=O) groups is 1. The number of ketones is 1. The van der Waals surface area contributed by atoms with Gasteiger partial charge in [0.2, 0.25) is 0 Å². The van der Waals surface area contributed by atoms with Crippen LogP contribution >= 0.6 is 0 Å². The minimum atomic E-state index is -0.974. The summed E-state index contributed by atoms with van der Waals surface area (Å²) in [6.07, 6.45) is 0. The molecular weight excluding hydrogens is 275 g/mol. The lowest BCUT2D eigenvalue weighted by Gasteiger charge is -2.37. The summed E-state index contributed by atoms with van der Waals surface area (Å²) in [6.45, 7) is 14.9. The van der Waals surface area contributed by atoms with Crippen LogP contribution in [0.25, 0.3) is 0 Å². The molecule has 0 atom stereocenters. The van der Waals surface area contributed by atoms with Gasteiger partial charge in [-0.05, 0) is 45.6 Å². The smallest absolute Gasteiger partial charge is 0.330 e. The standard InChI is InChI=1S/C18H28BO3/c1-12(20)14-11-13(9-10-15(14)16(2,3)4)19-22-18(7,8)17(5,6)21/h9-11,21H,1-8H3. The molecule has 4 heteroatoms. The zero-order chi connectivity index (χ0) is 17.3. The second kappa shape index (κ2) is 6.17. The van der Waals surface area contributed by atoms with Gasteiger partial charge in [-0.1, -0.05) is 44.4 Å². The third kappa shape index (κ3) is 4.44. The second-order valence-electron chi connectivity index (χ2n) is 7.92. The molecular formula is C18H28BO3. The minimum absolute atomic E-state index is 0.0434. The van der Waals surface area contributed by atoms with Crippen LogP contribution < -0.4 is 5.46 Å². The van der Waals surface area contributed by atoms with Gasteiger partial charge in [-0.15, -0.1) is 0 Å². The largest absolute Gasteiger partial charge is 0.427 e. The van der Waals surface area contributed by atoms with Crippen LogP contribution in [0, 0.1) is 0 Å². The molecule has 0 amide bonds. The van der Waals surface area contributed by atoms with E-state index in [1.54, 1.807) is 28.3 Å². The van der Waals surface area contributed by atoms with Gasteiger partial charge in [-0.3, -0.25) is 4.79 Å². The van der Waals surface area contributed by atoms with Gasteiger partial charge in [0.1, 0.15) is 0 Å². The van der Waals surface area contributed by atoms with Crippen molar-refractivity contribution in [3.8, 4) is 0 Å². The number of carbonyl (C=O) groups excluding carboxylic acids is 1. The van der Waals surface area contributed by atoms with Gasteiger partial charge >= 0.3 is 7.48 Å². The van der Waals surface area contributed by atoms with Crippen molar-refractivity contribution in [2.75, 3.05) is 0 Å². The molecule has 1 radical (unpaired) electrons. The van der Waals surface area contributed by atoms with Crippen LogP contribution in [0.1, 0.15) is 71.3 Å². The normalized spacial score (nSPS) is 13.1. The first-order chi connectivity index (χ1) is 9.75. The van der Waals surface area contributed by atoms with Crippen molar-refractivity contribution in [2.45, 2.75) is 72.0 Å². The summed E-state index contributed by atoms with van der Waals surface area (Å²) in [5, 5.41) is 10.1. The van der Waals surface area contributed by atoms with Crippen molar-refractivity contribution < 1.29 is 14.6 Å². The Balaban J connectivity index is 3.05. The first kappa shape index (κ1) is 18.9. The van der Waals surface area contributed by atoms with Crippen LogP contribution in [0.4, 0.5) is 0 Å². The van der Waals surface area contributed by atoms with E-state index in [0.717, 1.165) is 11.0 Å². The maximum atomic E-state index is 11.9. The fourth-order valence-electron chi connectivity index (χ4n) is 1.94. The first-order valence-electron chi connectivity index (χ1n) is 7.64. The summed E-state index contributed by atoms with van der Waals surface area (Å²) in [5.74, 6) is 0.0434. The van der Waals surface area contributed by atoms with Gasteiger partial charge in [-0.25, -0.2) is 0 Å². The van der Waals surface area contributed by atoms with Crippen LogP contribution in [0.15, 0.2) is 18.2 Å².